The zero-order chi connectivity index (χ0) is 7.98. The Bertz CT molecular complexity index is 180. The van der Waals surface area contributed by atoms with Crippen molar-refractivity contribution in [3.63, 3.8) is 0 Å². The first-order chi connectivity index (χ1) is 4.66. The summed E-state index contributed by atoms with van der Waals surface area (Å²) >= 11 is 0. The lowest BCUT2D eigenvalue weighted by molar-refractivity contribution is -0.135. The van der Waals surface area contributed by atoms with Crippen LogP contribution in [0.25, 0.3) is 0 Å². The fraction of sp³-hybridized carbons (Fsp3) is 0.375. The van der Waals surface area contributed by atoms with E-state index in [-0.39, 0.29) is 6.61 Å². The van der Waals surface area contributed by atoms with Gasteiger partial charge in [-0.3, -0.25) is 0 Å². The Morgan fingerprint density at radius 1 is 1.70 bits per heavy atom. The highest BCUT2D eigenvalue weighted by molar-refractivity contribution is 5.87. The molecule has 0 saturated carbocycles. The van der Waals surface area contributed by atoms with Crippen LogP contribution in [0.5, 0.6) is 0 Å². The highest BCUT2D eigenvalue weighted by Crippen LogP contribution is 1.88. The number of carbonyl (C=O) groups excluding carboxylic acids is 1. The Morgan fingerprint density at radius 2 is 2.30 bits per heavy atom. The standard InChI is InChI=1S/C8H10O2/c1-4-8(9)10-6-5-7(2)3/h1,5H,6H2,2-3H3. The Morgan fingerprint density at radius 3 is 2.70 bits per heavy atom. The van der Waals surface area contributed by atoms with Crippen molar-refractivity contribution in [1.29, 1.82) is 0 Å². The van der Waals surface area contributed by atoms with E-state index in [0.717, 1.165) is 5.57 Å². The summed E-state index contributed by atoms with van der Waals surface area (Å²) in [5, 5.41) is 0. The van der Waals surface area contributed by atoms with Gasteiger partial charge in [0, 0.05) is 5.92 Å². The predicted octanol–water partition coefficient (Wildman–Crippen LogP) is 1.13. The van der Waals surface area contributed by atoms with Gasteiger partial charge in [-0.05, 0) is 19.9 Å². The number of terminal acetylenes is 1. The Hall–Kier alpha value is -1.23. The van der Waals surface area contributed by atoms with Gasteiger partial charge in [-0.15, -0.1) is 6.42 Å². The number of hydrogen-bond donors (Lipinski definition) is 0. The van der Waals surface area contributed by atoms with Crippen molar-refractivity contribution in [3.05, 3.63) is 11.6 Å². The molecule has 0 aromatic heterocycles. The van der Waals surface area contributed by atoms with Gasteiger partial charge in [0.25, 0.3) is 0 Å². The molecule has 0 fully saturated rings. The van der Waals surface area contributed by atoms with Crippen LogP contribution in [0.2, 0.25) is 0 Å². The number of hydrogen-bond acceptors (Lipinski definition) is 2. The van der Waals surface area contributed by atoms with E-state index in [9.17, 15) is 4.79 Å². The number of carbonyl (C=O) groups is 1. The molecule has 0 saturated heterocycles. The van der Waals surface area contributed by atoms with Gasteiger partial charge in [-0.1, -0.05) is 5.57 Å². The molecule has 0 bridgehead atoms. The van der Waals surface area contributed by atoms with Gasteiger partial charge in [0.2, 0.25) is 0 Å². The SMILES string of the molecule is C#CC(=O)OCC=C(C)C. The molecule has 0 rings (SSSR count). The first-order valence-electron chi connectivity index (χ1n) is 2.93. The van der Waals surface area contributed by atoms with Crippen LogP contribution in [0.4, 0.5) is 0 Å². The van der Waals surface area contributed by atoms with Crippen molar-refractivity contribution < 1.29 is 9.53 Å². The summed E-state index contributed by atoms with van der Waals surface area (Å²) in [6, 6.07) is 0. The lowest BCUT2D eigenvalue weighted by Gasteiger charge is -1.93. The minimum absolute atomic E-state index is 0.269. The summed E-state index contributed by atoms with van der Waals surface area (Å²) in [5.74, 6) is 1.23. The molecule has 0 atom stereocenters. The molecule has 0 N–H and O–H groups in total. The summed E-state index contributed by atoms with van der Waals surface area (Å²) in [6.45, 7) is 4.11. The van der Waals surface area contributed by atoms with Gasteiger partial charge in [0.1, 0.15) is 6.61 Å². The molecular formula is C8H10O2. The monoisotopic (exact) mass is 138 g/mol. The molecule has 0 aliphatic heterocycles. The fourth-order valence-corrected chi connectivity index (χ4v) is 0.326. The summed E-state index contributed by atoms with van der Waals surface area (Å²) in [6.07, 6.45) is 6.53. The average molecular weight is 138 g/mol. The molecule has 0 amide bonds. The number of rotatable bonds is 2. The minimum atomic E-state index is -0.613. The Kier molecular flexibility index (Phi) is 4.06. The zero-order valence-electron chi connectivity index (χ0n) is 6.18. The molecule has 0 heterocycles. The van der Waals surface area contributed by atoms with E-state index in [4.69, 9.17) is 6.42 Å². The van der Waals surface area contributed by atoms with E-state index >= 15 is 0 Å². The molecule has 0 aliphatic carbocycles. The number of ether oxygens (including phenoxy) is 1. The molecule has 0 aromatic carbocycles. The van der Waals surface area contributed by atoms with Crippen molar-refractivity contribution in [1.82, 2.24) is 0 Å². The quantitative estimate of drug-likeness (QED) is 0.247. The van der Waals surface area contributed by atoms with Gasteiger partial charge in [-0.2, -0.15) is 0 Å². The molecule has 10 heavy (non-hydrogen) atoms. The van der Waals surface area contributed by atoms with Crippen LogP contribution >= 0.6 is 0 Å². The van der Waals surface area contributed by atoms with Gasteiger partial charge in [0.05, 0.1) is 0 Å². The molecule has 54 valence electrons. The molecule has 2 heteroatoms. The largest absolute Gasteiger partial charge is 0.452 e. The first kappa shape index (κ1) is 8.77. The van der Waals surface area contributed by atoms with Gasteiger partial charge in [-0.25, -0.2) is 4.79 Å². The molecule has 2 nitrogen and oxygen atoms in total. The third-order valence-corrected chi connectivity index (χ3v) is 0.824. The number of allylic oxidation sites excluding steroid dienone is 1. The maximum absolute atomic E-state index is 10.3. The minimum Gasteiger partial charge on any atom is -0.452 e. The number of esters is 1. The molecular weight excluding hydrogens is 128 g/mol. The molecule has 0 radical (unpaired) electrons. The van der Waals surface area contributed by atoms with Crippen LogP contribution < -0.4 is 0 Å². The third-order valence-electron chi connectivity index (χ3n) is 0.824. The van der Waals surface area contributed by atoms with Crippen molar-refractivity contribution in [2.24, 2.45) is 0 Å². The second-order valence-corrected chi connectivity index (χ2v) is 2.02. The van der Waals surface area contributed by atoms with Gasteiger partial charge < -0.3 is 4.74 Å². The van der Waals surface area contributed by atoms with Crippen LogP contribution in [-0.4, -0.2) is 12.6 Å². The lowest BCUT2D eigenvalue weighted by Crippen LogP contribution is -2.00. The van der Waals surface area contributed by atoms with E-state index in [0.29, 0.717) is 0 Å². The van der Waals surface area contributed by atoms with Gasteiger partial charge >= 0.3 is 5.97 Å². The summed E-state index contributed by atoms with van der Waals surface area (Å²) in [4.78, 5) is 10.3. The lowest BCUT2D eigenvalue weighted by atomic mass is 10.3. The van der Waals surface area contributed by atoms with Crippen molar-refractivity contribution >= 4 is 5.97 Å². The second kappa shape index (κ2) is 4.63. The first-order valence-corrected chi connectivity index (χ1v) is 2.93. The van der Waals surface area contributed by atoms with E-state index < -0.39 is 5.97 Å². The van der Waals surface area contributed by atoms with E-state index in [1.165, 1.54) is 0 Å². The third kappa shape index (κ3) is 4.92. The zero-order valence-corrected chi connectivity index (χ0v) is 6.18. The highest BCUT2D eigenvalue weighted by Gasteiger charge is 1.90. The van der Waals surface area contributed by atoms with Crippen LogP contribution in [0.3, 0.4) is 0 Å². The van der Waals surface area contributed by atoms with Crippen molar-refractivity contribution in [3.8, 4) is 12.3 Å². The Labute approximate surface area is 60.9 Å². The van der Waals surface area contributed by atoms with Gasteiger partial charge in [0.15, 0.2) is 0 Å². The van der Waals surface area contributed by atoms with Crippen LogP contribution in [0.1, 0.15) is 13.8 Å². The normalized spacial score (nSPS) is 7.70. The second-order valence-electron chi connectivity index (χ2n) is 2.02. The highest BCUT2D eigenvalue weighted by atomic mass is 16.5. The molecule has 0 aromatic rings. The van der Waals surface area contributed by atoms with Crippen molar-refractivity contribution in [2.45, 2.75) is 13.8 Å². The topological polar surface area (TPSA) is 26.3 Å². The van der Waals surface area contributed by atoms with Crippen LogP contribution in [-0.2, 0) is 9.53 Å². The smallest absolute Gasteiger partial charge is 0.384 e. The van der Waals surface area contributed by atoms with E-state index in [2.05, 4.69) is 4.74 Å². The van der Waals surface area contributed by atoms with E-state index in [1.54, 1.807) is 6.08 Å². The summed E-state index contributed by atoms with van der Waals surface area (Å²) in [5.41, 5.74) is 1.10. The Balaban J connectivity index is 3.50. The molecule has 0 aliphatic rings. The average Bonchev–Trinajstić information content (AvgIpc) is 1.87. The summed E-state index contributed by atoms with van der Waals surface area (Å²) < 4.78 is 4.55. The predicted molar refractivity (Wildman–Crippen MR) is 39.2 cm³/mol. The van der Waals surface area contributed by atoms with E-state index in [1.807, 2.05) is 19.8 Å². The summed E-state index contributed by atoms with van der Waals surface area (Å²) in [7, 11) is 0. The van der Waals surface area contributed by atoms with Crippen LogP contribution in [0.15, 0.2) is 11.6 Å². The van der Waals surface area contributed by atoms with Crippen LogP contribution in [0, 0.1) is 12.3 Å². The maximum Gasteiger partial charge on any atom is 0.384 e. The fourth-order valence-electron chi connectivity index (χ4n) is 0.326. The van der Waals surface area contributed by atoms with Crippen molar-refractivity contribution in [2.75, 3.05) is 6.61 Å². The maximum atomic E-state index is 10.3. The molecule has 0 unspecified atom stereocenters. The molecule has 0 spiro atoms.